The lowest BCUT2D eigenvalue weighted by atomic mass is 10.0. The average Bonchev–Trinajstić information content (AvgIpc) is 2.41. The first-order valence-electron chi connectivity index (χ1n) is 6.61. The van der Waals surface area contributed by atoms with E-state index in [9.17, 15) is 8.42 Å². The smallest absolute Gasteiger partial charge is 0.208 e. The van der Waals surface area contributed by atoms with Crippen molar-refractivity contribution in [2.45, 2.75) is 6.04 Å². The van der Waals surface area contributed by atoms with Crippen LogP contribution in [0.3, 0.4) is 0 Å². The molecule has 1 aliphatic rings. The fraction of sp³-hybridized carbons (Fsp3) is 0.538. The SMILES string of the molecule is CS(=O)(=O)NCC(c1ccccc1Cl)N1CCNCC1. The second-order valence-corrected chi connectivity index (χ2v) is 7.18. The van der Waals surface area contributed by atoms with E-state index >= 15 is 0 Å². The van der Waals surface area contributed by atoms with Gasteiger partial charge in [0.1, 0.15) is 0 Å². The maximum atomic E-state index is 11.4. The van der Waals surface area contributed by atoms with Crippen molar-refractivity contribution in [3.63, 3.8) is 0 Å². The fourth-order valence-corrected chi connectivity index (χ4v) is 3.13. The van der Waals surface area contributed by atoms with Crippen molar-refractivity contribution in [1.29, 1.82) is 0 Å². The Balaban J connectivity index is 2.21. The highest BCUT2D eigenvalue weighted by Crippen LogP contribution is 2.27. The predicted octanol–water partition coefficient (Wildman–Crippen LogP) is 0.835. The maximum Gasteiger partial charge on any atom is 0.208 e. The molecule has 2 rings (SSSR count). The summed E-state index contributed by atoms with van der Waals surface area (Å²) in [7, 11) is -3.21. The average molecular weight is 318 g/mol. The minimum absolute atomic E-state index is 0.0412. The molecule has 0 radical (unpaired) electrons. The molecular formula is C13H20ClN3O2S. The molecule has 20 heavy (non-hydrogen) atoms. The molecule has 7 heteroatoms. The number of hydrogen-bond donors (Lipinski definition) is 2. The molecule has 112 valence electrons. The fourth-order valence-electron chi connectivity index (χ4n) is 2.41. The topological polar surface area (TPSA) is 61.4 Å². The molecule has 1 unspecified atom stereocenters. The van der Waals surface area contributed by atoms with Gasteiger partial charge < -0.3 is 5.32 Å². The van der Waals surface area contributed by atoms with Crippen LogP contribution in [-0.2, 0) is 10.0 Å². The number of sulfonamides is 1. The van der Waals surface area contributed by atoms with Crippen LogP contribution in [0.15, 0.2) is 24.3 Å². The van der Waals surface area contributed by atoms with E-state index in [4.69, 9.17) is 11.6 Å². The van der Waals surface area contributed by atoms with E-state index < -0.39 is 10.0 Å². The summed E-state index contributed by atoms with van der Waals surface area (Å²) in [6.07, 6.45) is 1.18. The molecule has 0 aliphatic carbocycles. The van der Waals surface area contributed by atoms with E-state index in [0.717, 1.165) is 31.7 Å². The number of halogens is 1. The van der Waals surface area contributed by atoms with Crippen LogP contribution in [0.5, 0.6) is 0 Å². The van der Waals surface area contributed by atoms with Crippen LogP contribution in [-0.4, -0.2) is 52.3 Å². The summed E-state index contributed by atoms with van der Waals surface area (Å²) in [6, 6.07) is 7.56. The van der Waals surface area contributed by atoms with Crippen LogP contribution in [0.2, 0.25) is 5.02 Å². The summed E-state index contributed by atoms with van der Waals surface area (Å²) < 4.78 is 25.3. The molecule has 1 aromatic rings. The molecule has 0 amide bonds. The van der Waals surface area contributed by atoms with Gasteiger partial charge in [-0.15, -0.1) is 0 Å². The molecule has 0 saturated carbocycles. The number of rotatable bonds is 5. The van der Waals surface area contributed by atoms with Gasteiger partial charge in [0, 0.05) is 43.8 Å². The van der Waals surface area contributed by atoms with Gasteiger partial charge in [0.05, 0.1) is 6.26 Å². The van der Waals surface area contributed by atoms with Crippen molar-refractivity contribution in [2.75, 3.05) is 39.0 Å². The Bertz CT molecular complexity index is 544. The third-order valence-electron chi connectivity index (χ3n) is 3.40. The number of benzene rings is 1. The quantitative estimate of drug-likeness (QED) is 0.844. The van der Waals surface area contributed by atoms with Gasteiger partial charge in [-0.05, 0) is 11.6 Å². The molecule has 0 aromatic heterocycles. The van der Waals surface area contributed by atoms with E-state index in [1.54, 1.807) is 0 Å². The Morgan fingerprint density at radius 3 is 2.60 bits per heavy atom. The molecule has 1 fully saturated rings. The highest BCUT2D eigenvalue weighted by atomic mass is 35.5. The molecule has 1 atom stereocenters. The van der Waals surface area contributed by atoms with Crippen LogP contribution >= 0.6 is 11.6 Å². The number of piperazine rings is 1. The van der Waals surface area contributed by atoms with E-state index in [2.05, 4.69) is 14.9 Å². The van der Waals surface area contributed by atoms with Gasteiger partial charge in [-0.25, -0.2) is 13.1 Å². The van der Waals surface area contributed by atoms with Crippen molar-refractivity contribution in [1.82, 2.24) is 14.9 Å². The van der Waals surface area contributed by atoms with Crippen LogP contribution in [0.4, 0.5) is 0 Å². The summed E-state index contributed by atoms with van der Waals surface area (Å²) >= 11 is 6.27. The van der Waals surface area contributed by atoms with Gasteiger partial charge in [-0.1, -0.05) is 29.8 Å². The Kier molecular flexibility index (Phi) is 5.40. The van der Waals surface area contributed by atoms with Gasteiger partial charge in [-0.3, -0.25) is 4.90 Å². The molecule has 0 spiro atoms. The van der Waals surface area contributed by atoms with Crippen molar-refractivity contribution < 1.29 is 8.42 Å². The van der Waals surface area contributed by atoms with Gasteiger partial charge >= 0.3 is 0 Å². The molecule has 1 aliphatic heterocycles. The predicted molar refractivity (Wildman–Crippen MR) is 81.5 cm³/mol. The molecule has 1 aromatic carbocycles. The van der Waals surface area contributed by atoms with Crippen LogP contribution in [0, 0.1) is 0 Å². The molecule has 5 nitrogen and oxygen atoms in total. The van der Waals surface area contributed by atoms with Crippen molar-refractivity contribution in [2.24, 2.45) is 0 Å². The highest BCUT2D eigenvalue weighted by Gasteiger charge is 2.24. The Hall–Kier alpha value is -0.660. The van der Waals surface area contributed by atoms with Gasteiger partial charge in [0.15, 0.2) is 0 Å². The van der Waals surface area contributed by atoms with Crippen molar-refractivity contribution >= 4 is 21.6 Å². The van der Waals surface area contributed by atoms with Crippen LogP contribution in [0.25, 0.3) is 0 Å². The summed E-state index contributed by atoms with van der Waals surface area (Å²) in [5, 5.41) is 3.97. The van der Waals surface area contributed by atoms with E-state index in [0.29, 0.717) is 11.6 Å². The van der Waals surface area contributed by atoms with Gasteiger partial charge in [-0.2, -0.15) is 0 Å². The highest BCUT2D eigenvalue weighted by molar-refractivity contribution is 7.88. The molecule has 0 bridgehead atoms. The summed E-state index contributed by atoms with van der Waals surface area (Å²) in [4.78, 5) is 2.26. The molecule has 1 saturated heterocycles. The maximum absolute atomic E-state index is 11.4. The lowest BCUT2D eigenvalue weighted by Gasteiger charge is -2.35. The van der Waals surface area contributed by atoms with E-state index in [1.165, 1.54) is 6.26 Å². The summed E-state index contributed by atoms with van der Waals surface area (Å²) in [5.41, 5.74) is 0.965. The third kappa shape index (κ3) is 4.43. The Labute approximate surface area is 125 Å². The molecule has 2 N–H and O–H groups in total. The van der Waals surface area contributed by atoms with E-state index in [-0.39, 0.29) is 6.04 Å². The number of nitrogens with one attached hydrogen (secondary N) is 2. The van der Waals surface area contributed by atoms with Crippen molar-refractivity contribution in [3.8, 4) is 0 Å². The lowest BCUT2D eigenvalue weighted by Crippen LogP contribution is -2.48. The normalized spacial score (nSPS) is 18.9. The Morgan fingerprint density at radius 1 is 1.35 bits per heavy atom. The molecular weight excluding hydrogens is 298 g/mol. The largest absolute Gasteiger partial charge is 0.314 e. The van der Waals surface area contributed by atoms with Gasteiger partial charge in [0.25, 0.3) is 0 Å². The first-order valence-corrected chi connectivity index (χ1v) is 8.88. The number of hydrogen-bond acceptors (Lipinski definition) is 4. The number of nitrogens with zero attached hydrogens (tertiary/aromatic N) is 1. The summed E-state index contributed by atoms with van der Waals surface area (Å²) in [6.45, 7) is 3.89. The minimum Gasteiger partial charge on any atom is -0.314 e. The minimum atomic E-state index is -3.21. The van der Waals surface area contributed by atoms with Crippen LogP contribution < -0.4 is 10.0 Å². The van der Waals surface area contributed by atoms with E-state index in [1.807, 2.05) is 24.3 Å². The lowest BCUT2D eigenvalue weighted by molar-refractivity contribution is 0.175. The zero-order valence-electron chi connectivity index (χ0n) is 11.5. The van der Waals surface area contributed by atoms with Gasteiger partial charge in [0.2, 0.25) is 10.0 Å². The van der Waals surface area contributed by atoms with Crippen LogP contribution in [0.1, 0.15) is 11.6 Å². The molecule has 1 heterocycles. The first-order chi connectivity index (χ1) is 9.47. The second-order valence-electron chi connectivity index (χ2n) is 4.94. The van der Waals surface area contributed by atoms with Crippen molar-refractivity contribution in [3.05, 3.63) is 34.9 Å². The monoisotopic (exact) mass is 317 g/mol. The second kappa shape index (κ2) is 6.87. The third-order valence-corrected chi connectivity index (χ3v) is 4.43. The first kappa shape index (κ1) is 15.7. The summed E-state index contributed by atoms with van der Waals surface area (Å²) in [5.74, 6) is 0. The Morgan fingerprint density at radius 2 is 2.00 bits per heavy atom. The zero-order valence-corrected chi connectivity index (χ0v) is 13.0. The zero-order chi connectivity index (χ0) is 14.6. The standard InChI is InChI=1S/C13H20ClN3O2S/c1-20(18,19)16-10-13(17-8-6-15-7-9-17)11-4-2-3-5-12(11)14/h2-5,13,15-16H,6-10H2,1H3.